The molecule has 2 rings (SSSR count). The first-order valence-electron chi connectivity index (χ1n) is 6.12. The van der Waals surface area contributed by atoms with Gasteiger partial charge in [0.15, 0.2) is 5.78 Å². The summed E-state index contributed by atoms with van der Waals surface area (Å²) in [6.07, 6.45) is 4.85. The van der Waals surface area contributed by atoms with E-state index in [1.807, 2.05) is 50.2 Å². The van der Waals surface area contributed by atoms with E-state index >= 15 is 0 Å². The predicted molar refractivity (Wildman–Crippen MR) is 77.2 cm³/mol. The average molecular weight is 252 g/mol. The summed E-state index contributed by atoms with van der Waals surface area (Å²) in [5.41, 5.74) is 2.94. The zero-order valence-corrected chi connectivity index (χ0v) is 11.1. The van der Waals surface area contributed by atoms with Gasteiger partial charge in [-0.2, -0.15) is 0 Å². The van der Waals surface area contributed by atoms with Gasteiger partial charge in [0.1, 0.15) is 5.82 Å². The highest BCUT2D eigenvalue weighted by molar-refractivity contribution is 6.04. The third-order valence-corrected chi connectivity index (χ3v) is 2.72. The van der Waals surface area contributed by atoms with Crippen molar-refractivity contribution >= 4 is 11.6 Å². The molecular weight excluding hydrogens is 236 g/mol. The third-order valence-electron chi connectivity index (χ3n) is 2.72. The molecule has 0 aliphatic heterocycles. The summed E-state index contributed by atoms with van der Waals surface area (Å²) in [7, 11) is 0. The molecule has 0 aliphatic rings. The van der Waals surface area contributed by atoms with E-state index in [1.54, 1.807) is 12.4 Å². The maximum absolute atomic E-state index is 11.9. The number of carbonyl (C=O) groups excluding carboxylic acids is 1. The van der Waals surface area contributed by atoms with Crippen LogP contribution in [0.1, 0.15) is 21.5 Å². The summed E-state index contributed by atoms with van der Waals surface area (Å²) in [5.74, 6) is 0.702. The van der Waals surface area contributed by atoms with Gasteiger partial charge in [0.2, 0.25) is 0 Å². The third kappa shape index (κ3) is 3.78. The van der Waals surface area contributed by atoms with Crippen LogP contribution in [-0.4, -0.2) is 10.8 Å². The van der Waals surface area contributed by atoms with Crippen LogP contribution in [0.25, 0.3) is 0 Å². The van der Waals surface area contributed by atoms with Gasteiger partial charge >= 0.3 is 0 Å². The van der Waals surface area contributed by atoms with Crippen LogP contribution in [0.3, 0.4) is 0 Å². The summed E-state index contributed by atoms with van der Waals surface area (Å²) in [6.45, 7) is 3.99. The Labute approximate surface area is 113 Å². The molecule has 0 unspecified atom stereocenters. The van der Waals surface area contributed by atoms with Gasteiger partial charge < -0.3 is 5.32 Å². The molecule has 3 heteroatoms. The molecule has 0 amide bonds. The first-order valence-corrected chi connectivity index (χ1v) is 6.12. The van der Waals surface area contributed by atoms with Gasteiger partial charge in [-0.1, -0.05) is 29.8 Å². The predicted octanol–water partition coefficient (Wildman–Crippen LogP) is 3.51. The number of hydrogen-bond donors (Lipinski definition) is 1. The van der Waals surface area contributed by atoms with Crippen molar-refractivity contribution < 1.29 is 4.79 Å². The summed E-state index contributed by atoms with van der Waals surface area (Å²) in [5, 5.41) is 2.99. The van der Waals surface area contributed by atoms with Crippen molar-refractivity contribution in [3.63, 3.8) is 0 Å². The molecule has 1 aromatic heterocycles. The standard InChI is InChI=1S/C16H16N2O/c1-12-3-5-14(6-4-12)15(19)8-10-18-16-11-13(2)7-9-17-16/h3-11H,1-2H3,(H,17,18). The zero-order chi connectivity index (χ0) is 13.7. The van der Waals surface area contributed by atoms with Crippen LogP contribution >= 0.6 is 0 Å². The van der Waals surface area contributed by atoms with E-state index in [0.717, 1.165) is 16.9 Å². The van der Waals surface area contributed by atoms with E-state index < -0.39 is 0 Å². The SMILES string of the molecule is Cc1ccc(C(=O)C=CNc2cc(C)ccn2)cc1. The van der Waals surface area contributed by atoms with Crippen molar-refractivity contribution in [2.75, 3.05) is 5.32 Å². The molecule has 3 nitrogen and oxygen atoms in total. The fraction of sp³-hybridized carbons (Fsp3) is 0.125. The fourth-order valence-electron chi connectivity index (χ4n) is 1.63. The summed E-state index contributed by atoms with van der Waals surface area (Å²) in [4.78, 5) is 16.0. The Hall–Kier alpha value is -2.42. The van der Waals surface area contributed by atoms with E-state index in [4.69, 9.17) is 0 Å². The fourth-order valence-corrected chi connectivity index (χ4v) is 1.63. The smallest absolute Gasteiger partial charge is 0.187 e. The van der Waals surface area contributed by atoms with Gasteiger partial charge in [0.05, 0.1) is 0 Å². The maximum Gasteiger partial charge on any atom is 0.187 e. The lowest BCUT2D eigenvalue weighted by molar-refractivity contribution is 0.104. The van der Waals surface area contributed by atoms with E-state index in [9.17, 15) is 4.79 Å². The maximum atomic E-state index is 11.9. The lowest BCUT2D eigenvalue weighted by Crippen LogP contribution is -1.97. The van der Waals surface area contributed by atoms with E-state index in [0.29, 0.717) is 5.56 Å². The highest BCUT2D eigenvalue weighted by atomic mass is 16.1. The van der Waals surface area contributed by atoms with Crippen LogP contribution in [0, 0.1) is 13.8 Å². The molecule has 0 saturated carbocycles. The van der Waals surface area contributed by atoms with Crippen LogP contribution in [0.4, 0.5) is 5.82 Å². The summed E-state index contributed by atoms with van der Waals surface area (Å²) < 4.78 is 0. The van der Waals surface area contributed by atoms with Gasteiger partial charge in [-0.15, -0.1) is 0 Å². The van der Waals surface area contributed by atoms with Crippen molar-refractivity contribution in [3.05, 3.63) is 71.6 Å². The first-order chi connectivity index (χ1) is 9.15. The molecule has 19 heavy (non-hydrogen) atoms. The number of pyridine rings is 1. The lowest BCUT2D eigenvalue weighted by atomic mass is 10.1. The Balaban J connectivity index is 1.99. The molecule has 1 aromatic carbocycles. The van der Waals surface area contributed by atoms with Gasteiger partial charge in [0.25, 0.3) is 0 Å². The molecule has 0 radical (unpaired) electrons. The number of anilines is 1. The van der Waals surface area contributed by atoms with Crippen LogP contribution < -0.4 is 5.32 Å². The van der Waals surface area contributed by atoms with E-state index in [2.05, 4.69) is 10.3 Å². The minimum absolute atomic E-state index is 0.0276. The topological polar surface area (TPSA) is 42.0 Å². The highest BCUT2D eigenvalue weighted by Crippen LogP contribution is 2.07. The Bertz CT molecular complexity index is 600. The lowest BCUT2D eigenvalue weighted by Gasteiger charge is -2.00. The van der Waals surface area contributed by atoms with Gasteiger partial charge in [-0.25, -0.2) is 4.98 Å². The first kappa shape index (κ1) is 13.0. The number of nitrogens with zero attached hydrogens (tertiary/aromatic N) is 1. The molecule has 2 aromatic rings. The number of rotatable bonds is 4. The minimum Gasteiger partial charge on any atom is -0.347 e. The average Bonchev–Trinajstić information content (AvgIpc) is 2.39. The van der Waals surface area contributed by atoms with Crippen molar-refractivity contribution in [2.45, 2.75) is 13.8 Å². The Morgan fingerprint density at radius 3 is 2.53 bits per heavy atom. The molecule has 0 saturated heterocycles. The molecule has 0 aliphatic carbocycles. The largest absolute Gasteiger partial charge is 0.347 e. The number of nitrogens with one attached hydrogen (secondary N) is 1. The number of ketones is 1. The zero-order valence-electron chi connectivity index (χ0n) is 11.1. The molecule has 1 N–H and O–H groups in total. The number of aromatic nitrogens is 1. The van der Waals surface area contributed by atoms with Crippen LogP contribution in [0.15, 0.2) is 54.9 Å². The number of allylic oxidation sites excluding steroid dienone is 1. The van der Waals surface area contributed by atoms with Gasteiger partial charge in [-0.3, -0.25) is 4.79 Å². The second-order valence-corrected chi connectivity index (χ2v) is 4.43. The normalized spacial score (nSPS) is 10.6. The molecule has 0 bridgehead atoms. The number of benzene rings is 1. The number of carbonyl (C=O) groups is 1. The Morgan fingerprint density at radius 1 is 1.11 bits per heavy atom. The Morgan fingerprint density at radius 2 is 1.84 bits per heavy atom. The molecule has 96 valence electrons. The van der Waals surface area contributed by atoms with Gasteiger partial charge in [0, 0.05) is 24.0 Å². The quantitative estimate of drug-likeness (QED) is 0.669. The number of aryl methyl sites for hydroxylation is 2. The van der Waals surface area contributed by atoms with Gasteiger partial charge in [-0.05, 0) is 31.5 Å². The van der Waals surface area contributed by atoms with Crippen molar-refractivity contribution in [1.82, 2.24) is 4.98 Å². The second-order valence-electron chi connectivity index (χ2n) is 4.43. The van der Waals surface area contributed by atoms with Crippen LogP contribution in [-0.2, 0) is 0 Å². The van der Waals surface area contributed by atoms with Crippen LogP contribution in [0.5, 0.6) is 0 Å². The summed E-state index contributed by atoms with van der Waals surface area (Å²) in [6, 6.07) is 11.3. The van der Waals surface area contributed by atoms with Crippen molar-refractivity contribution in [2.24, 2.45) is 0 Å². The van der Waals surface area contributed by atoms with Crippen molar-refractivity contribution in [3.8, 4) is 0 Å². The van der Waals surface area contributed by atoms with E-state index in [-0.39, 0.29) is 5.78 Å². The molecule has 0 atom stereocenters. The molecule has 0 fully saturated rings. The second kappa shape index (κ2) is 5.96. The van der Waals surface area contributed by atoms with Crippen LogP contribution in [0.2, 0.25) is 0 Å². The Kier molecular flexibility index (Phi) is 4.08. The summed E-state index contributed by atoms with van der Waals surface area (Å²) >= 11 is 0. The molecule has 0 spiro atoms. The minimum atomic E-state index is -0.0276. The van der Waals surface area contributed by atoms with E-state index in [1.165, 1.54) is 6.08 Å². The molecule has 1 heterocycles. The number of hydrogen-bond acceptors (Lipinski definition) is 3. The van der Waals surface area contributed by atoms with Crippen molar-refractivity contribution in [1.29, 1.82) is 0 Å². The molecular formula is C16H16N2O. The highest BCUT2D eigenvalue weighted by Gasteiger charge is 2.00. The monoisotopic (exact) mass is 252 g/mol.